The van der Waals surface area contributed by atoms with E-state index in [2.05, 4.69) is 20.8 Å². The van der Waals surface area contributed by atoms with E-state index in [4.69, 9.17) is 0 Å². The molecule has 0 aliphatic heterocycles. The maximum atomic E-state index is 12.2. The van der Waals surface area contributed by atoms with Gasteiger partial charge in [-0.15, -0.1) is 10.2 Å². The summed E-state index contributed by atoms with van der Waals surface area (Å²) in [5.41, 5.74) is 1.11. The van der Waals surface area contributed by atoms with Gasteiger partial charge < -0.3 is 15.2 Å². The number of hydrogen-bond acceptors (Lipinski definition) is 7. The SMILES string of the molecule is Cn1c(CC(=O)Nc2ccccc2)nnc1SCC(=O)Nc1ccc([N+](=O)[O-])cc1. The molecule has 0 bridgehead atoms. The van der Waals surface area contributed by atoms with Crippen LogP contribution in [0.25, 0.3) is 0 Å². The fourth-order valence-electron chi connectivity index (χ4n) is 2.49. The smallest absolute Gasteiger partial charge is 0.269 e. The lowest BCUT2D eigenvalue weighted by atomic mass is 10.3. The Labute approximate surface area is 175 Å². The predicted octanol–water partition coefficient (Wildman–Crippen LogP) is 2.64. The average molecular weight is 426 g/mol. The maximum Gasteiger partial charge on any atom is 0.269 e. The highest BCUT2D eigenvalue weighted by Crippen LogP contribution is 2.18. The van der Waals surface area contributed by atoms with Crippen molar-refractivity contribution in [1.29, 1.82) is 0 Å². The molecule has 0 unspecified atom stereocenters. The van der Waals surface area contributed by atoms with Crippen LogP contribution >= 0.6 is 11.8 Å². The van der Waals surface area contributed by atoms with Crippen molar-refractivity contribution in [2.24, 2.45) is 7.05 Å². The largest absolute Gasteiger partial charge is 0.326 e. The van der Waals surface area contributed by atoms with Crippen LogP contribution in [0.3, 0.4) is 0 Å². The number of carbonyl (C=O) groups is 2. The number of hydrogen-bond donors (Lipinski definition) is 2. The van der Waals surface area contributed by atoms with Crippen molar-refractivity contribution in [2.75, 3.05) is 16.4 Å². The van der Waals surface area contributed by atoms with Gasteiger partial charge in [0.15, 0.2) is 5.16 Å². The molecular weight excluding hydrogens is 408 g/mol. The number of thioether (sulfide) groups is 1. The van der Waals surface area contributed by atoms with Crippen LogP contribution in [0.5, 0.6) is 0 Å². The summed E-state index contributed by atoms with van der Waals surface area (Å²) >= 11 is 1.17. The molecule has 0 spiro atoms. The highest BCUT2D eigenvalue weighted by molar-refractivity contribution is 7.99. The monoisotopic (exact) mass is 426 g/mol. The number of rotatable bonds is 8. The lowest BCUT2D eigenvalue weighted by Gasteiger charge is -2.06. The van der Waals surface area contributed by atoms with Crippen LogP contribution < -0.4 is 10.6 Å². The summed E-state index contributed by atoms with van der Waals surface area (Å²) in [5.74, 6) is 0.0326. The number of nitro groups is 1. The third kappa shape index (κ3) is 5.64. The summed E-state index contributed by atoms with van der Waals surface area (Å²) in [6.07, 6.45) is 0.0495. The van der Waals surface area contributed by atoms with Gasteiger partial charge in [0.2, 0.25) is 11.8 Å². The Morgan fingerprint density at radius 2 is 1.63 bits per heavy atom. The highest BCUT2D eigenvalue weighted by Gasteiger charge is 2.15. The van der Waals surface area contributed by atoms with Gasteiger partial charge in [-0.25, -0.2) is 0 Å². The summed E-state index contributed by atoms with van der Waals surface area (Å²) in [5, 5.41) is 24.6. The first-order valence-electron chi connectivity index (χ1n) is 8.82. The number of non-ortho nitro benzene ring substituents is 1. The topological polar surface area (TPSA) is 132 Å². The molecule has 0 saturated heterocycles. The van der Waals surface area contributed by atoms with Crippen molar-refractivity contribution in [3.63, 3.8) is 0 Å². The average Bonchev–Trinajstić information content (AvgIpc) is 3.07. The van der Waals surface area contributed by atoms with Crippen molar-refractivity contribution in [1.82, 2.24) is 14.8 Å². The molecule has 30 heavy (non-hydrogen) atoms. The van der Waals surface area contributed by atoms with Crippen LogP contribution in [0, 0.1) is 10.1 Å². The minimum Gasteiger partial charge on any atom is -0.326 e. The minimum atomic E-state index is -0.507. The molecular formula is C19H18N6O4S. The molecule has 1 aromatic heterocycles. The van der Waals surface area contributed by atoms with Gasteiger partial charge in [-0.3, -0.25) is 19.7 Å². The lowest BCUT2D eigenvalue weighted by Crippen LogP contribution is -2.17. The number of nitrogens with zero attached hydrogens (tertiary/aromatic N) is 4. The first-order chi connectivity index (χ1) is 14.4. The van der Waals surface area contributed by atoms with Crippen LogP contribution in [-0.2, 0) is 23.1 Å². The van der Waals surface area contributed by atoms with Gasteiger partial charge in [-0.05, 0) is 24.3 Å². The van der Waals surface area contributed by atoms with E-state index in [0.29, 0.717) is 22.4 Å². The first-order valence-corrected chi connectivity index (χ1v) is 9.81. The van der Waals surface area contributed by atoms with Gasteiger partial charge in [-0.2, -0.15) is 0 Å². The standard InChI is InChI=1S/C19H18N6O4S/c1-24-16(11-17(26)20-13-5-3-2-4-6-13)22-23-19(24)30-12-18(27)21-14-7-9-15(10-8-14)25(28)29/h2-10H,11-12H2,1H3,(H,20,26)(H,21,27). The molecule has 0 aliphatic rings. The fourth-order valence-corrected chi connectivity index (χ4v) is 3.22. The summed E-state index contributed by atoms with van der Waals surface area (Å²) in [6, 6.07) is 14.7. The second-order valence-corrected chi connectivity index (χ2v) is 7.13. The Hall–Kier alpha value is -3.73. The number of para-hydroxylation sites is 1. The molecule has 0 fully saturated rings. The van der Waals surface area contributed by atoms with Crippen LogP contribution in [0.1, 0.15) is 5.82 Å². The highest BCUT2D eigenvalue weighted by atomic mass is 32.2. The zero-order valence-electron chi connectivity index (χ0n) is 15.9. The van der Waals surface area contributed by atoms with E-state index in [-0.39, 0.29) is 29.7 Å². The summed E-state index contributed by atoms with van der Waals surface area (Å²) in [4.78, 5) is 34.4. The van der Waals surface area contributed by atoms with Gasteiger partial charge in [0.1, 0.15) is 5.82 Å². The van der Waals surface area contributed by atoms with E-state index in [1.165, 1.54) is 36.0 Å². The van der Waals surface area contributed by atoms with Crippen LogP contribution in [-0.4, -0.2) is 37.3 Å². The molecule has 2 N–H and O–H groups in total. The van der Waals surface area contributed by atoms with Crippen LogP contribution in [0.2, 0.25) is 0 Å². The fraction of sp³-hybridized carbons (Fsp3) is 0.158. The van der Waals surface area contributed by atoms with Crippen molar-refractivity contribution in [2.45, 2.75) is 11.6 Å². The van der Waals surface area contributed by atoms with E-state index in [1.807, 2.05) is 18.2 Å². The summed E-state index contributed by atoms with van der Waals surface area (Å²) in [7, 11) is 1.72. The van der Waals surface area contributed by atoms with Crippen LogP contribution in [0.15, 0.2) is 59.8 Å². The number of nitro benzene ring substituents is 1. The molecule has 0 atom stereocenters. The van der Waals surface area contributed by atoms with E-state index in [9.17, 15) is 19.7 Å². The number of benzene rings is 2. The molecule has 3 aromatic rings. The summed E-state index contributed by atoms with van der Waals surface area (Å²) in [6.45, 7) is 0. The second-order valence-electron chi connectivity index (χ2n) is 6.19. The molecule has 1 heterocycles. The molecule has 11 heteroatoms. The third-order valence-electron chi connectivity index (χ3n) is 4.00. The van der Waals surface area contributed by atoms with Gasteiger partial charge in [0, 0.05) is 30.6 Å². The molecule has 2 amide bonds. The molecule has 0 saturated carbocycles. The Kier molecular flexibility index (Phi) is 6.75. The Morgan fingerprint density at radius 3 is 2.30 bits per heavy atom. The van der Waals surface area contributed by atoms with Crippen molar-refractivity contribution in [3.8, 4) is 0 Å². The molecule has 2 aromatic carbocycles. The van der Waals surface area contributed by atoms with E-state index in [1.54, 1.807) is 23.7 Å². The van der Waals surface area contributed by atoms with Crippen molar-refractivity contribution in [3.05, 3.63) is 70.5 Å². The van der Waals surface area contributed by atoms with E-state index >= 15 is 0 Å². The third-order valence-corrected chi connectivity index (χ3v) is 5.02. The number of carbonyl (C=O) groups excluding carboxylic acids is 2. The van der Waals surface area contributed by atoms with Crippen molar-refractivity contribution >= 4 is 40.6 Å². The molecule has 10 nitrogen and oxygen atoms in total. The zero-order chi connectivity index (χ0) is 21.5. The van der Waals surface area contributed by atoms with Gasteiger partial charge in [-0.1, -0.05) is 30.0 Å². The van der Waals surface area contributed by atoms with Gasteiger partial charge in [0.25, 0.3) is 5.69 Å². The molecule has 0 radical (unpaired) electrons. The number of aromatic nitrogens is 3. The second kappa shape index (κ2) is 9.65. The predicted molar refractivity (Wildman–Crippen MR) is 112 cm³/mol. The first kappa shape index (κ1) is 21.0. The van der Waals surface area contributed by atoms with E-state index < -0.39 is 4.92 Å². The van der Waals surface area contributed by atoms with E-state index in [0.717, 1.165) is 0 Å². The van der Waals surface area contributed by atoms with Crippen LogP contribution in [0.4, 0.5) is 17.1 Å². The Balaban J connectivity index is 1.51. The quantitative estimate of drug-likeness (QED) is 0.321. The summed E-state index contributed by atoms with van der Waals surface area (Å²) < 4.78 is 1.66. The Bertz CT molecular complexity index is 1050. The number of amides is 2. The normalized spacial score (nSPS) is 10.4. The Morgan fingerprint density at radius 1 is 1.00 bits per heavy atom. The molecule has 0 aliphatic carbocycles. The minimum absolute atomic E-state index is 0.0495. The number of anilines is 2. The van der Waals surface area contributed by atoms with Crippen molar-refractivity contribution < 1.29 is 14.5 Å². The molecule has 3 rings (SSSR count). The maximum absolute atomic E-state index is 12.2. The zero-order valence-corrected chi connectivity index (χ0v) is 16.8. The molecule has 154 valence electrons. The lowest BCUT2D eigenvalue weighted by molar-refractivity contribution is -0.384. The van der Waals surface area contributed by atoms with Gasteiger partial charge in [0.05, 0.1) is 17.1 Å². The van der Waals surface area contributed by atoms with Gasteiger partial charge >= 0.3 is 0 Å². The number of nitrogens with one attached hydrogen (secondary N) is 2.